The van der Waals surface area contributed by atoms with Gasteiger partial charge in [-0.3, -0.25) is 10.1 Å². The number of hydrogen-bond acceptors (Lipinski definition) is 6. The molecule has 9 heteroatoms. The van der Waals surface area contributed by atoms with E-state index in [0.29, 0.717) is 36.9 Å². The van der Waals surface area contributed by atoms with Gasteiger partial charge in [-0.2, -0.15) is 8.78 Å². The Bertz CT molecular complexity index is 801. The first-order valence-electron chi connectivity index (χ1n) is 7.89. The predicted molar refractivity (Wildman–Crippen MR) is 89.1 cm³/mol. The molecule has 3 rings (SSSR count). The van der Waals surface area contributed by atoms with Gasteiger partial charge >= 0.3 is 12.3 Å². The van der Waals surface area contributed by atoms with Crippen LogP contribution in [0.1, 0.15) is 12.0 Å². The van der Waals surface area contributed by atoms with Crippen molar-refractivity contribution in [1.29, 1.82) is 0 Å². The normalized spacial score (nSPS) is 13.2. The lowest BCUT2D eigenvalue weighted by molar-refractivity contribution is -0.386. The molecule has 1 aliphatic rings. The molecule has 0 aliphatic carbocycles. The molecule has 0 saturated heterocycles. The molecule has 1 heterocycles. The molecule has 0 aromatic heterocycles. The van der Waals surface area contributed by atoms with E-state index in [2.05, 4.69) is 10.1 Å². The van der Waals surface area contributed by atoms with Crippen molar-refractivity contribution in [3.8, 4) is 17.2 Å². The molecule has 0 saturated carbocycles. The first kappa shape index (κ1) is 17.7. The van der Waals surface area contributed by atoms with Crippen LogP contribution in [-0.2, 0) is 6.54 Å². The Kier molecular flexibility index (Phi) is 5.35. The predicted octanol–water partition coefficient (Wildman–Crippen LogP) is 3.97. The Labute approximate surface area is 147 Å². The fraction of sp³-hybridized carbons (Fsp3) is 0.294. The van der Waals surface area contributed by atoms with E-state index in [1.165, 1.54) is 12.1 Å². The van der Waals surface area contributed by atoms with Crippen LogP contribution in [0.4, 0.5) is 20.2 Å². The topological polar surface area (TPSA) is 82.9 Å². The summed E-state index contributed by atoms with van der Waals surface area (Å²) in [6, 6.07) is 9.20. The van der Waals surface area contributed by atoms with Gasteiger partial charge in [0.1, 0.15) is 0 Å². The summed E-state index contributed by atoms with van der Waals surface area (Å²) in [5, 5.41) is 13.9. The summed E-state index contributed by atoms with van der Waals surface area (Å²) in [5.74, 6) is 0.775. The number of fused-ring (bicyclic) bond motifs is 1. The molecular weight excluding hydrogens is 350 g/mol. The summed E-state index contributed by atoms with van der Waals surface area (Å²) >= 11 is 0. The van der Waals surface area contributed by atoms with E-state index in [0.717, 1.165) is 18.1 Å². The van der Waals surface area contributed by atoms with Crippen LogP contribution in [-0.4, -0.2) is 24.7 Å². The number of nitrogens with one attached hydrogen (secondary N) is 1. The van der Waals surface area contributed by atoms with E-state index in [4.69, 9.17) is 9.47 Å². The highest BCUT2D eigenvalue weighted by Gasteiger charge is 2.19. The molecule has 2 aromatic carbocycles. The number of rotatable bonds is 6. The van der Waals surface area contributed by atoms with Crippen LogP contribution in [0.5, 0.6) is 17.2 Å². The second-order valence-electron chi connectivity index (χ2n) is 5.47. The third-order valence-electron chi connectivity index (χ3n) is 3.71. The summed E-state index contributed by atoms with van der Waals surface area (Å²) in [7, 11) is 0. The fourth-order valence-corrected chi connectivity index (χ4v) is 2.56. The highest BCUT2D eigenvalue weighted by Crippen LogP contribution is 2.35. The number of alkyl halides is 2. The van der Waals surface area contributed by atoms with E-state index >= 15 is 0 Å². The number of halogens is 2. The van der Waals surface area contributed by atoms with Gasteiger partial charge in [-0.25, -0.2) is 0 Å². The summed E-state index contributed by atoms with van der Waals surface area (Å²) < 4.78 is 40.5. The molecule has 2 aromatic rings. The molecule has 0 atom stereocenters. The quantitative estimate of drug-likeness (QED) is 0.615. The molecule has 1 aliphatic heterocycles. The average Bonchev–Trinajstić information content (AvgIpc) is 2.85. The van der Waals surface area contributed by atoms with Gasteiger partial charge in [-0.05, 0) is 12.1 Å². The van der Waals surface area contributed by atoms with Gasteiger partial charge in [-0.15, -0.1) is 0 Å². The summed E-state index contributed by atoms with van der Waals surface area (Å²) in [6.07, 6.45) is 0.776. The lowest BCUT2D eigenvalue weighted by atomic mass is 10.1. The van der Waals surface area contributed by atoms with Crippen LogP contribution in [0, 0.1) is 10.1 Å². The third-order valence-corrected chi connectivity index (χ3v) is 3.71. The van der Waals surface area contributed by atoms with E-state index in [-0.39, 0.29) is 0 Å². The molecule has 0 amide bonds. The summed E-state index contributed by atoms with van der Waals surface area (Å²) in [6.45, 7) is -1.73. The van der Waals surface area contributed by atoms with Gasteiger partial charge in [0.05, 0.1) is 18.1 Å². The smallest absolute Gasteiger partial charge is 0.387 e. The SMILES string of the molecule is O=[N+]([O-])c1ccc(NCc2cccc3c2OCCCO3)cc1OC(F)F. The maximum absolute atomic E-state index is 12.5. The molecule has 7 nitrogen and oxygen atoms in total. The molecule has 0 unspecified atom stereocenters. The molecule has 0 radical (unpaired) electrons. The molecule has 0 bridgehead atoms. The molecule has 26 heavy (non-hydrogen) atoms. The van der Waals surface area contributed by atoms with Gasteiger partial charge in [0.2, 0.25) is 5.75 Å². The largest absolute Gasteiger partial charge is 0.490 e. The number of nitrogens with zero attached hydrogens (tertiary/aromatic N) is 1. The minimum atomic E-state index is -3.15. The molecule has 0 fully saturated rings. The van der Waals surface area contributed by atoms with Crippen molar-refractivity contribution in [3.05, 3.63) is 52.1 Å². The van der Waals surface area contributed by atoms with Crippen molar-refractivity contribution in [2.24, 2.45) is 0 Å². The Morgan fingerprint density at radius 2 is 2.04 bits per heavy atom. The zero-order valence-corrected chi connectivity index (χ0v) is 13.6. The first-order valence-corrected chi connectivity index (χ1v) is 7.89. The van der Waals surface area contributed by atoms with Crippen molar-refractivity contribution >= 4 is 11.4 Å². The van der Waals surface area contributed by atoms with Crippen LogP contribution in [0.25, 0.3) is 0 Å². The van der Waals surface area contributed by atoms with Crippen LogP contribution >= 0.6 is 0 Å². The zero-order chi connectivity index (χ0) is 18.5. The molecular formula is C17H16F2N2O5. The van der Waals surface area contributed by atoms with E-state index < -0.39 is 23.0 Å². The number of hydrogen-bond donors (Lipinski definition) is 1. The second kappa shape index (κ2) is 7.85. The van der Waals surface area contributed by atoms with Gasteiger partial charge in [0.15, 0.2) is 11.5 Å². The monoisotopic (exact) mass is 366 g/mol. The maximum atomic E-state index is 12.5. The number of nitro benzene ring substituents is 1. The van der Waals surface area contributed by atoms with Crippen molar-refractivity contribution in [3.63, 3.8) is 0 Å². The lowest BCUT2D eigenvalue weighted by Crippen LogP contribution is -2.06. The van der Waals surface area contributed by atoms with Crippen LogP contribution in [0.3, 0.4) is 0 Å². The van der Waals surface area contributed by atoms with Crippen molar-refractivity contribution < 1.29 is 27.9 Å². The van der Waals surface area contributed by atoms with Gasteiger partial charge in [0, 0.05) is 36.3 Å². The number of ether oxygens (including phenoxy) is 3. The van der Waals surface area contributed by atoms with Crippen molar-refractivity contribution in [2.45, 2.75) is 19.6 Å². The van der Waals surface area contributed by atoms with Crippen LogP contribution < -0.4 is 19.5 Å². The highest BCUT2D eigenvalue weighted by atomic mass is 19.3. The fourth-order valence-electron chi connectivity index (χ4n) is 2.56. The van der Waals surface area contributed by atoms with Crippen molar-refractivity contribution in [1.82, 2.24) is 0 Å². The van der Waals surface area contributed by atoms with E-state index in [9.17, 15) is 18.9 Å². The summed E-state index contributed by atoms with van der Waals surface area (Å²) in [5.41, 5.74) is 0.693. The number of para-hydroxylation sites is 1. The molecule has 138 valence electrons. The second-order valence-corrected chi connectivity index (χ2v) is 5.47. The van der Waals surface area contributed by atoms with Crippen molar-refractivity contribution in [2.75, 3.05) is 18.5 Å². The number of nitro groups is 1. The van der Waals surface area contributed by atoms with Gasteiger partial charge < -0.3 is 19.5 Å². The maximum Gasteiger partial charge on any atom is 0.387 e. The van der Waals surface area contributed by atoms with Gasteiger partial charge in [-0.1, -0.05) is 12.1 Å². The molecule has 0 spiro atoms. The van der Waals surface area contributed by atoms with Gasteiger partial charge in [0.25, 0.3) is 0 Å². The first-order chi connectivity index (χ1) is 12.5. The number of benzene rings is 2. The zero-order valence-electron chi connectivity index (χ0n) is 13.6. The lowest BCUT2D eigenvalue weighted by Gasteiger charge is -2.14. The molecule has 1 N–H and O–H groups in total. The Morgan fingerprint density at radius 3 is 2.81 bits per heavy atom. The highest BCUT2D eigenvalue weighted by molar-refractivity contribution is 5.58. The summed E-state index contributed by atoms with van der Waals surface area (Å²) in [4.78, 5) is 10.1. The average molecular weight is 366 g/mol. The Morgan fingerprint density at radius 1 is 1.23 bits per heavy atom. The number of anilines is 1. The van der Waals surface area contributed by atoms with Crippen LogP contribution in [0.15, 0.2) is 36.4 Å². The van der Waals surface area contributed by atoms with E-state index in [1.807, 2.05) is 18.2 Å². The minimum Gasteiger partial charge on any atom is -0.490 e. The third kappa shape index (κ3) is 4.11. The van der Waals surface area contributed by atoms with E-state index in [1.54, 1.807) is 0 Å². The standard InChI is InChI=1S/C17H16F2N2O5/c18-17(19)26-15-9-12(5-6-13(15)21(22)23)20-10-11-3-1-4-14-16(11)25-8-2-7-24-14/h1,3-6,9,17,20H,2,7-8,10H2. The Hall–Kier alpha value is -3.10. The Balaban J connectivity index is 1.79. The van der Waals surface area contributed by atoms with Crippen LogP contribution in [0.2, 0.25) is 0 Å². The minimum absolute atomic E-state index is 0.318.